The van der Waals surface area contributed by atoms with Gasteiger partial charge in [-0.15, -0.1) is 0 Å². The summed E-state index contributed by atoms with van der Waals surface area (Å²) in [6.45, 7) is 5.56. The van der Waals surface area contributed by atoms with Crippen molar-refractivity contribution in [2.75, 3.05) is 0 Å². The number of hydrogen-bond acceptors (Lipinski definition) is 3. The topological polar surface area (TPSA) is 55.4 Å². The summed E-state index contributed by atoms with van der Waals surface area (Å²) >= 11 is 0. The number of Topliss-reactive ketones (excluding diaryl/α,β-unsaturated/α-hetero) is 1. The molecule has 0 saturated carbocycles. The number of carbonyl (C=O) groups excluding carboxylic acids is 2. The third-order valence-corrected chi connectivity index (χ3v) is 4.28. The molecule has 0 unspecified atom stereocenters. The first-order valence-electron chi connectivity index (χ1n) is 9.13. The predicted molar refractivity (Wildman–Crippen MR) is 104 cm³/mol. The molecule has 26 heavy (non-hydrogen) atoms. The standard InChI is InChI=1S/C22H27NO3/c1-4-21(24)19-12-14-20(15-13-19)26-17(3)22(25)23-16(2)10-11-18-8-6-5-7-9-18/h5-9,12-17H,4,10-11H2,1-3H3,(H,23,25)/t16-,17+/m1/s1. The molecule has 0 aliphatic rings. The fourth-order valence-electron chi connectivity index (χ4n) is 2.64. The van der Waals surface area contributed by atoms with E-state index in [0.717, 1.165) is 12.8 Å². The number of aryl methyl sites for hydroxylation is 1. The normalized spacial score (nSPS) is 12.9. The number of benzene rings is 2. The molecule has 4 heteroatoms. The molecule has 0 heterocycles. The van der Waals surface area contributed by atoms with Gasteiger partial charge in [-0.2, -0.15) is 0 Å². The maximum absolute atomic E-state index is 12.3. The zero-order valence-corrected chi connectivity index (χ0v) is 15.7. The Morgan fingerprint density at radius 3 is 2.27 bits per heavy atom. The Kier molecular flexibility index (Phi) is 7.39. The van der Waals surface area contributed by atoms with Gasteiger partial charge in [0.25, 0.3) is 5.91 Å². The van der Waals surface area contributed by atoms with Crippen LogP contribution in [0.4, 0.5) is 0 Å². The van der Waals surface area contributed by atoms with Gasteiger partial charge in [-0.25, -0.2) is 0 Å². The first-order valence-corrected chi connectivity index (χ1v) is 9.13. The van der Waals surface area contributed by atoms with Crippen LogP contribution in [-0.4, -0.2) is 23.8 Å². The maximum atomic E-state index is 12.3. The van der Waals surface area contributed by atoms with Crippen LogP contribution < -0.4 is 10.1 Å². The van der Waals surface area contributed by atoms with Gasteiger partial charge in [0, 0.05) is 18.0 Å². The summed E-state index contributed by atoms with van der Waals surface area (Å²) in [5.41, 5.74) is 1.92. The minimum Gasteiger partial charge on any atom is -0.481 e. The van der Waals surface area contributed by atoms with E-state index in [1.54, 1.807) is 31.2 Å². The highest BCUT2D eigenvalue weighted by molar-refractivity contribution is 5.95. The molecule has 2 aromatic carbocycles. The second kappa shape index (κ2) is 9.76. The predicted octanol–water partition coefficient (Wildman–Crippen LogP) is 4.18. The van der Waals surface area contributed by atoms with Crippen molar-refractivity contribution in [1.29, 1.82) is 0 Å². The maximum Gasteiger partial charge on any atom is 0.260 e. The Balaban J connectivity index is 1.80. The van der Waals surface area contributed by atoms with Gasteiger partial charge in [0.1, 0.15) is 5.75 Å². The summed E-state index contributed by atoms with van der Waals surface area (Å²) in [6.07, 6.45) is 1.67. The quantitative estimate of drug-likeness (QED) is 0.688. The van der Waals surface area contributed by atoms with Crippen LogP contribution in [0.3, 0.4) is 0 Å². The largest absolute Gasteiger partial charge is 0.481 e. The zero-order valence-electron chi connectivity index (χ0n) is 15.7. The smallest absolute Gasteiger partial charge is 0.260 e. The Morgan fingerprint density at radius 2 is 1.65 bits per heavy atom. The van der Waals surface area contributed by atoms with Crippen molar-refractivity contribution in [2.24, 2.45) is 0 Å². The molecule has 2 rings (SSSR count). The van der Waals surface area contributed by atoms with Gasteiger partial charge in [-0.1, -0.05) is 37.3 Å². The molecular weight excluding hydrogens is 326 g/mol. The van der Waals surface area contributed by atoms with E-state index in [4.69, 9.17) is 4.74 Å². The molecule has 0 saturated heterocycles. The summed E-state index contributed by atoms with van der Waals surface area (Å²) < 4.78 is 5.68. The number of nitrogens with one attached hydrogen (secondary N) is 1. The van der Waals surface area contributed by atoms with Crippen LogP contribution in [-0.2, 0) is 11.2 Å². The summed E-state index contributed by atoms with van der Waals surface area (Å²) in [6, 6.07) is 17.2. The molecule has 2 atom stereocenters. The highest BCUT2D eigenvalue weighted by Crippen LogP contribution is 2.15. The summed E-state index contributed by atoms with van der Waals surface area (Å²) in [5.74, 6) is 0.533. The summed E-state index contributed by atoms with van der Waals surface area (Å²) in [7, 11) is 0. The molecule has 0 spiro atoms. The lowest BCUT2D eigenvalue weighted by atomic mass is 10.1. The SMILES string of the molecule is CCC(=O)c1ccc(O[C@@H](C)C(=O)N[C@H](C)CCc2ccccc2)cc1. The second-order valence-corrected chi connectivity index (χ2v) is 6.50. The molecule has 1 N–H and O–H groups in total. The Hall–Kier alpha value is -2.62. The molecular formula is C22H27NO3. The molecule has 1 amide bonds. The van der Waals surface area contributed by atoms with Crippen molar-refractivity contribution in [1.82, 2.24) is 5.32 Å². The summed E-state index contributed by atoms with van der Waals surface area (Å²) in [5, 5.41) is 2.99. The van der Waals surface area contributed by atoms with Crippen molar-refractivity contribution in [2.45, 2.75) is 52.2 Å². The molecule has 2 aromatic rings. The van der Waals surface area contributed by atoms with Gasteiger partial charge < -0.3 is 10.1 Å². The van der Waals surface area contributed by atoms with Gasteiger partial charge in [-0.3, -0.25) is 9.59 Å². The lowest BCUT2D eigenvalue weighted by Gasteiger charge is -2.19. The first-order chi connectivity index (χ1) is 12.5. The Bertz CT molecular complexity index is 710. The van der Waals surface area contributed by atoms with Crippen molar-refractivity contribution in [3.63, 3.8) is 0 Å². The van der Waals surface area contributed by atoms with E-state index in [-0.39, 0.29) is 17.7 Å². The van der Waals surface area contributed by atoms with Crippen LogP contribution >= 0.6 is 0 Å². The molecule has 4 nitrogen and oxygen atoms in total. The third-order valence-electron chi connectivity index (χ3n) is 4.28. The molecule has 0 radical (unpaired) electrons. The van der Waals surface area contributed by atoms with E-state index in [0.29, 0.717) is 17.7 Å². The number of ketones is 1. The van der Waals surface area contributed by atoms with Crippen LogP contribution in [0.5, 0.6) is 5.75 Å². The van der Waals surface area contributed by atoms with E-state index in [9.17, 15) is 9.59 Å². The Morgan fingerprint density at radius 1 is 1.00 bits per heavy atom. The minimum atomic E-state index is -0.595. The highest BCUT2D eigenvalue weighted by atomic mass is 16.5. The number of ether oxygens (including phenoxy) is 1. The number of hydrogen-bond donors (Lipinski definition) is 1. The molecule has 0 fully saturated rings. The van der Waals surface area contributed by atoms with E-state index >= 15 is 0 Å². The van der Waals surface area contributed by atoms with Crippen LogP contribution in [0.1, 0.15) is 49.5 Å². The van der Waals surface area contributed by atoms with Gasteiger partial charge in [0.15, 0.2) is 11.9 Å². The van der Waals surface area contributed by atoms with E-state index < -0.39 is 6.10 Å². The van der Waals surface area contributed by atoms with E-state index in [2.05, 4.69) is 17.4 Å². The van der Waals surface area contributed by atoms with Crippen LogP contribution in [0.15, 0.2) is 54.6 Å². The minimum absolute atomic E-state index is 0.0679. The summed E-state index contributed by atoms with van der Waals surface area (Å²) in [4.78, 5) is 23.9. The fourth-order valence-corrected chi connectivity index (χ4v) is 2.64. The Labute approximate surface area is 155 Å². The number of amides is 1. The third kappa shape index (κ3) is 6.03. The highest BCUT2D eigenvalue weighted by Gasteiger charge is 2.17. The molecule has 0 aliphatic heterocycles. The van der Waals surface area contributed by atoms with Crippen molar-refractivity contribution >= 4 is 11.7 Å². The lowest BCUT2D eigenvalue weighted by molar-refractivity contribution is -0.127. The van der Waals surface area contributed by atoms with E-state index in [1.807, 2.05) is 32.0 Å². The van der Waals surface area contributed by atoms with Crippen molar-refractivity contribution in [3.8, 4) is 5.75 Å². The van der Waals surface area contributed by atoms with Gasteiger partial charge in [0.2, 0.25) is 0 Å². The lowest BCUT2D eigenvalue weighted by Crippen LogP contribution is -2.41. The van der Waals surface area contributed by atoms with Crippen LogP contribution in [0.25, 0.3) is 0 Å². The fraction of sp³-hybridized carbons (Fsp3) is 0.364. The van der Waals surface area contributed by atoms with Crippen LogP contribution in [0.2, 0.25) is 0 Å². The molecule has 0 aromatic heterocycles. The van der Waals surface area contributed by atoms with E-state index in [1.165, 1.54) is 5.56 Å². The van der Waals surface area contributed by atoms with Crippen molar-refractivity contribution in [3.05, 3.63) is 65.7 Å². The molecule has 138 valence electrons. The van der Waals surface area contributed by atoms with Gasteiger partial charge >= 0.3 is 0 Å². The average Bonchev–Trinajstić information content (AvgIpc) is 2.67. The number of carbonyl (C=O) groups is 2. The monoisotopic (exact) mass is 353 g/mol. The van der Waals surface area contributed by atoms with Gasteiger partial charge in [0.05, 0.1) is 0 Å². The average molecular weight is 353 g/mol. The second-order valence-electron chi connectivity index (χ2n) is 6.50. The number of rotatable bonds is 9. The first kappa shape index (κ1) is 19.7. The van der Waals surface area contributed by atoms with Crippen molar-refractivity contribution < 1.29 is 14.3 Å². The van der Waals surface area contributed by atoms with Gasteiger partial charge in [-0.05, 0) is 56.5 Å². The molecule has 0 bridgehead atoms. The van der Waals surface area contributed by atoms with Crippen LogP contribution in [0, 0.1) is 0 Å². The molecule has 0 aliphatic carbocycles. The zero-order chi connectivity index (χ0) is 18.9.